The van der Waals surface area contributed by atoms with Gasteiger partial charge in [0.05, 0.1) is 22.9 Å². The molecule has 4 aromatic rings. The Morgan fingerprint density at radius 1 is 1.09 bits per heavy atom. The molecule has 0 radical (unpaired) electrons. The van der Waals surface area contributed by atoms with Crippen LogP contribution in [0.4, 0.5) is 5.13 Å². The zero-order valence-corrected chi connectivity index (χ0v) is 20.8. The molecule has 1 amide bonds. The molecule has 6 nitrogen and oxygen atoms in total. The molecule has 176 valence electrons. The van der Waals surface area contributed by atoms with Gasteiger partial charge in [0.25, 0.3) is 5.78 Å². The van der Waals surface area contributed by atoms with Crippen LogP contribution in [0.5, 0.6) is 5.75 Å². The fraction of sp³-hybridized carbons (Fsp3) is 0.148. The molecule has 1 atom stereocenters. The van der Waals surface area contributed by atoms with E-state index >= 15 is 0 Å². The van der Waals surface area contributed by atoms with Crippen LogP contribution in [-0.4, -0.2) is 28.9 Å². The molecular formula is C27H21ClN2O4S. The second-order valence-electron chi connectivity index (χ2n) is 8.34. The second-order valence-corrected chi connectivity index (χ2v) is 9.79. The summed E-state index contributed by atoms with van der Waals surface area (Å²) in [6.07, 6.45) is 0. The minimum Gasteiger partial charge on any atom is -0.507 e. The molecule has 1 aromatic heterocycles. The highest BCUT2D eigenvalue weighted by atomic mass is 35.5. The number of anilines is 1. The van der Waals surface area contributed by atoms with Crippen LogP contribution < -0.4 is 9.64 Å². The van der Waals surface area contributed by atoms with E-state index in [-0.39, 0.29) is 11.3 Å². The maximum atomic E-state index is 13.5. The quantitative estimate of drug-likeness (QED) is 0.203. The van der Waals surface area contributed by atoms with Crippen molar-refractivity contribution in [3.8, 4) is 5.75 Å². The van der Waals surface area contributed by atoms with Crippen LogP contribution in [0.1, 0.15) is 28.3 Å². The van der Waals surface area contributed by atoms with Crippen molar-refractivity contribution in [2.24, 2.45) is 0 Å². The minimum atomic E-state index is -0.927. The molecule has 0 saturated carbocycles. The van der Waals surface area contributed by atoms with Crippen molar-refractivity contribution in [2.45, 2.75) is 19.9 Å². The Morgan fingerprint density at radius 3 is 2.51 bits per heavy atom. The average Bonchev–Trinajstić information content (AvgIpc) is 3.37. The number of fused-ring (bicyclic) bond motifs is 1. The number of para-hydroxylation sites is 1. The predicted octanol–water partition coefficient (Wildman–Crippen LogP) is 6.20. The van der Waals surface area contributed by atoms with Gasteiger partial charge in [0.1, 0.15) is 17.6 Å². The van der Waals surface area contributed by atoms with Crippen LogP contribution in [0.3, 0.4) is 0 Å². The first-order valence-electron chi connectivity index (χ1n) is 10.9. The number of thiazole rings is 1. The van der Waals surface area contributed by atoms with Crippen LogP contribution in [0.2, 0.25) is 5.02 Å². The molecule has 3 aromatic carbocycles. The Bertz CT molecular complexity index is 1520. The fourth-order valence-corrected chi connectivity index (χ4v) is 5.74. The van der Waals surface area contributed by atoms with E-state index in [0.29, 0.717) is 27.0 Å². The van der Waals surface area contributed by atoms with E-state index in [1.165, 1.54) is 23.3 Å². The lowest BCUT2D eigenvalue weighted by Gasteiger charge is -2.24. The molecule has 0 bridgehead atoms. The van der Waals surface area contributed by atoms with Crippen molar-refractivity contribution in [3.05, 3.63) is 93.5 Å². The number of carbonyl (C=O) groups excluding carboxylic acids is 2. The first-order valence-corrected chi connectivity index (χ1v) is 12.1. The zero-order valence-electron chi connectivity index (χ0n) is 19.2. The van der Waals surface area contributed by atoms with E-state index in [1.54, 1.807) is 48.5 Å². The Kier molecular flexibility index (Phi) is 5.83. The number of amides is 1. The normalized spacial score (nSPS) is 17.4. The second kappa shape index (κ2) is 8.83. The van der Waals surface area contributed by atoms with Gasteiger partial charge in [0.15, 0.2) is 5.13 Å². The van der Waals surface area contributed by atoms with Gasteiger partial charge in [-0.2, -0.15) is 0 Å². The Balaban J connectivity index is 1.77. The number of halogens is 1. The summed E-state index contributed by atoms with van der Waals surface area (Å²) in [7, 11) is 1.52. The summed E-state index contributed by atoms with van der Waals surface area (Å²) in [5.41, 5.74) is 3.74. The number of rotatable bonds is 4. The van der Waals surface area contributed by atoms with E-state index < -0.39 is 17.7 Å². The highest BCUT2D eigenvalue weighted by Crippen LogP contribution is 2.46. The first kappa shape index (κ1) is 23.1. The van der Waals surface area contributed by atoms with Crippen molar-refractivity contribution < 1.29 is 19.4 Å². The summed E-state index contributed by atoms with van der Waals surface area (Å²) in [5, 5.41) is 12.1. The fourth-order valence-electron chi connectivity index (χ4n) is 4.44. The third kappa shape index (κ3) is 3.87. The van der Waals surface area contributed by atoms with Crippen molar-refractivity contribution in [2.75, 3.05) is 12.0 Å². The van der Waals surface area contributed by atoms with E-state index in [4.69, 9.17) is 21.3 Å². The summed E-state index contributed by atoms with van der Waals surface area (Å²) in [6, 6.07) is 16.7. The molecule has 1 aliphatic rings. The molecule has 8 heteroatoms. The largest absolute Gasteiger partial charge is 0.507 e. The summed E-state index contributed by atoms with van der Waals surface area (Å²) in [5.74, 6) is -1.35. The molecule has 2 heterocycles. The Labute approximate surface area is 211 Å². The number of aliphatic hydroxyl groups is 1. The highest BCUT2D eigenvalue weighted by molar-refractivity contribution is 7.22. The summed E-state index contributed by atoms with van der Waals surface area (Å²) < 4.78 is 6.48. The molecule has 0 aliphatic carbocycles. The number of nitrogens with zero attached hydrogens (tertiary/aromatic N) is 2. The molecule has 35 heavy (non-hydrogen) atoms. The van der Waals surface area contributed by atoms with Gasteiger partial charge in [-0.25, -0.2) is 4.98 Å². The number of hydrogen-bond acceptors (Lipinski definition) is 6. The number of aliphatic hydroxyl groups excluding tert-OH is 1. The lowest BCUT2D eigenvalue weighted by Crippen LogP contribution is -2.29. The van der Waals surface area contributed by atoms with E-state index in [0.717, 1.165) is 21.3 Å². The van der Waals surface area contributed by atoms with Crippen molar-refractivity contribution >= 4 is 55.7 Å². The van der Waals surface area contributed by atoms with Gasteiger partial charge in [0.2, 0.25) is 0 Å². The number of aryl methyl sites for hydroxylation is 2. The number of benzene rings is 3. The van der Waals surface area contributed by atoms with Crippen molar-refractivity contribution in [1.29, 1.82) is 0 Å². The number of hydrogen-bond donors (Lipinski definition) is 1. The summed E-state index contributed by atoms with van der Waals surface area (Å²) in [4.78, 5) is 32.9. The van der Waals surface area contributed by atoms with Crippen molar-refractivity contribution in [3.63, 3.8) is 0 Å². The molecule has 1 N–H and O–H groups in total. The molecule has 1 saturated heterocycles. The van der Waals surface area contributed by atoms with Crippen LogP contribution in [0.15, 0.2) is 66.2 Å². The molecule has 0 spiro atoms. The Hall–Kier alpha value is -3.68. The van der Waals surface area contributed by atoms with Crippen LogP contribution >= 0.6 is 22.9 Å². The number of ketones is 1. The Morgan fingerprint density at radius 2 is 1.80 bits per heavy atom. The molecule has 0 unspecified atom stereocenters. The van der Waals surface area contributed by atoms with Gasteiger partial charge in [-0.3, -0.25) is 14.5 Å². The van der Waals surface area contributed by atoms with Gasteiger partial charge < -0.3 is 9.84 Å². The molecule has 5 rings (SSSR count). The van der Waals surface area contributed by atoms with Crippen LogP contribution in [0, 0.1) is 13.8 Å². The third-order valence-electron chi connectivity index (χ3n) is 6.02. The van der Waals surface area contributed by atoms with E-state index in [1.807, 2.05) is 26.0 Å². The maximum absolute atomic E-state index is 13.5. The smallest absolute Gasteiger partial charge is 0.301 e. The lowest BCUT2D eigenvalue weighted by molar-refractivity contribution is -0.132. The third-order valence-corrected chi connectivity index (χ3v) is 7.27. The summed E-state index contributed by atoms with van der Waals surface area (Å²) >= 11 is 7.34. The first-order chi connectivity index (χ1) is 16.8. The summed E-state index contributed by atoms with van der Waals surface area (Å²) in [6.45, 7) is 3.96. The number of methoxy groups -OCH3 is 1. The number of carbonyl (C=O) groups is 2. The van der Waals surface area contributed by atoms with Gasteiger partial charge in [-0.05, 0) is 61.4 Å². The van der Waals surface area contributed by atoms with Crippen LogP contribution in [0.25, 0.3) is 16.0 Å². The number of ether oxygens (including phenoxy) is 1. The molecule has 1 aliphatic heterocycles. The molecular weight excluding hydrogens is 484 g/mol. The average molecular weight is 505 g/mol. The predicted molar refractivity (Wildman–Crippen MR) is 138 cm³/mol. The SMILES string of the molecule is COc1ccccc1[C@@H]1C(=C(O)c2ccc(Cl)cc2)C(=O)C(=O)N1c1nc2c(C)cc(C)cc2s1. The van der Waals surface area contributed by atoms with Gasteiger partial charge >= 0.3 is 5.91 Å². The zero-order chi connectivity index (χ0) is 24.9. The van der Waals surface area contributed by atoms with Gasteiger partial charge in [-0.15, -0.1) is 0 Å². The standard InChI is InChI=1S/C27H21ClN2O4S/c1-14-12-15(2)22-20(13-14)35-27(29-22)30-23(18-6-4-5-7-19(18)34-3)21(25(32)26(30)33)24(31)16-8-10-17(28)11-9-16/h4-13,23,31H,1-3H3/t23-/m1/s1. The molecule has 1 fully saturated rings. The minimum absolute atomic E-state index is 0.0334. The van der Waals surface area contributed by atoms with Gasteiger partial charge in [-0.1, -0.05) is 47.2 Å². The highest BCUT2D eigenvalue weighted by Gasteiger charge is 2.49. The maximum Gasteiger partial charge on any atom is 0.301 e. The van der Waals surface area contributed by atoms with Crippen molar-refractivity contribution in [1.82, 2.24) is 4.98 Å². The number of aromatic nitrogens is 1. The van der Waals surface area contributed by atoms with Gasteiger partial charge in [0, 0.05) is 16.1 Å². The lowest BCUT2D eigenvalue weighted by atomic mass is 9.95. The van der Waals surface area contributed by atoms with Crippen LogP contribution in [-0.2, 0) is 9.59 Å². The van der Waals surface area contributed by atoms with E-state index in [9.17, 15) is 14.7 Å². The monoisotopic (exact) mass is 504 g/mol. The topological polar surface area (TPSA) is 79.7 Å². The van der Waals surface area contributed by atoms with E-state index in [2.05, 4.69) is 0 Å². The number of Topliss-reactive ketones (excluding diaryl/α,β-unsaturated/α-hetero) is 1.